The van der Waals surface area contributed by atoms with E-state index in [0.717, 1.165) is 38.8 Å². The van der Waals surface area contributed by atoms with Crippen molar-refractivity contribution >= 4 is 5.91 Å². The summed E-state index contributed by atoms with van der Waals surface area (Å²) in [4.78, 5) is 14.1. The number of amides is 1. The molecule has 1 unspecified atom stereocenters. The molecule has 3 nitrogen and oxygen atoms in total. The predicted octanol–water partition coefficient (Wildman–Crippen LogP) is 1.52. The summed E-state index contributed by atoms with van der Waals surface area (Å²) in [5.74, 6) is 0.683. The van der Waals surface area contributed by atoms with Gasteiger partial charge in [-0.15, -0.1) is 0 Å². The van der Waals surface area contributed by atoms with Crippen molar-refractivity contribution in [1.82, 2.24) is 4.90 Å². The molecule has 1 saturated heterocycles. The Kier molecular flexibility index (Phi) is 3.62. The zero-order valence-corrected chi connectivity index (χ0v) is 9.45. The van der Waals surface area contributed by atoms with Gasteiger partial charge >= 0.3 is 0 Å². The zero-order chi connectivity index (χ0) is 10.7. The molecule has 0 aromatic rings. The van der Waals surface area contributed by atoms with Crippen molar-refractivity contribution in [2.45, 2.75) is 51.0 Å². The van der Waals surface area contributed by atoms with E-state index in [2.05, 4.69) is 0 Å². The predicted molar refractivity (Wildman–Crippen MR) is 60.4 cm³/mol. The summed E-state index contributed by atoms with van der Waals surface area (Å²) in [5, 5.41) is 0. The third-order valence-corrected chi connectivity index (χ3v) is 3.86. The van der Waals surface area contributed by atoms with E-state index in [1.165, 1.54) is 19.3 Å². The third kappa shape index (κ3) is 2.51. The molecule has 1 saturated carbocycles. The van der Waals surface area contributed by atoms with Crippen molar-refractivity contribution in [3.05, 3.63) is 0 Å². The van der Waals surface area contributed by atoms with Crippen LogP contribution in [0.4, 0.5) is 0 Å². The molecular formula is C12H22N2O. The maximum absolute atomic E-state index is 12.1. The highest BCUT2D eigenvalue weighted by atomic mass is 16.2. The summed E-state index contributed by atoms with van der Waals surface area (Å²) in [7, 11) is 0. The van der Waals surface area contributed by atoms with E-state index in [4.69, 9.17) is 5.73 Å². The molecule has 0 spiro atoms. The molecule has 0 aromatic carbocycles. The molecular weight excluding hydrogens is 188 g/mol. The van der Waals surface area contributed by atoms with Crippen LogP contribution in [0.5, 0.6) is 0 Å². The number of carbonyl (C=O) groups excluding carboxylic acids is 1. The monoisotopic (exact) mass is 210 g/mol. The van der Waals surface area contributed by atoms with Crippen LogP contribution in [0.25, 0.3) is 0 Å². The molecule has 0 aromatic heterocycles. The van der Waals surface area contributed by atoms with Crippen LogP contribution in [-0.2, 0) is 4.79 Å². The van der Waals surface area contributed by atoms with Crippen molar-refractivity contribution in [3.63, 3.8) is 0 Å². The molecule has 2 aliphatic rings. The van der Waals surface area contributed by atoms with Gasteiger partial charge in [-0.3, -0.25) is 4.79 Å². The highest BCUT2D eigenvalue weighted by Crippen LogP contribution is 2.29. The lowest BCUT2D eigenvalue weighted by atomic mass is 9.79. The molecule has 2 N–H and O–H groups in total. The van der Waals surface area contributed by atoms with Gasteiger partial charge in [-0.1, -0.05) is 19.3 Å². The van der Waals surface area contributed by atoms with Crippen molar-refractivity contribution < 1.29 is 4.79 Å². The van der Waals surface area contributed by atoms with Crippen molar-refractivity contribution in [1.29, 1.82) is 0 Å². The van der Waals surface area contributed by atoms with Gasteiger partial charge in [-0.25, -0.2) is 0 Å². The highest BCUT2D eigenvalue weighted by Gasteiger charge is 2.32. The van der Waals surface area contributed by atoms with Crippen LogP contribution >= 0.6 is 0 Å². The summed E-state index contributed by atoms with van der Waals surface area (Å²) in [6.45, 7) is 1.86. The summed E-state index contributed by atoms with van der Waals surface area (Å²) in [6, 6.07) is -0.211. The minimum Gasteiger partial charge on any atom is -0.341 e. The van der Waals surface area contributed by atoms with Crippen LogP contribution in [0.15, 0.2) is 0 Å². The number of rotatable bonds is 2. The SMILES string of the molecule is NC(C(=O)N1CCCCCC1)C1CCC1. The van der Waals surface area contributed by atoms with Gasteiger partial charge in [0.05, 0.1) is 6.04 Å². The maximum Gasteiger partial charge on any atom is 0.239 e. The van der Waals surface area contributed by atoms with Gasteiger partial charge in [-0.05, 0) is 31.6 Å². The van der Waals surface area contributed by atoms with Crippen LogP contribution in [0.1, 0.15) is 44.9 Å². The summed E-state index contributed by atoms with van der Waals surface area (Å²) >= 11 is 0. The Morgan fingerprint density at radius 2 is 1.67 bits per heavy atom. The summed E-state index contributed by atoms with van der Waals surface area (Å²) in [6.07, 6.45) is 8.41. The van der Waals surface area contributed by atoms with Crippen molar-refractivity contribution in [2.24, 2.45) is 11.7 Å². The summed E-state index contributed by atoms with van der Waals surface area (Å²) < 4.78 is 0. The van der Waals surface area contributed by atoms with E-state index in [1.807, 2.05) is 4.90 Å². The fourth-order valence-corrected chi connectivity index (χ4v) is 2.50. The number of nitrogens with two attached hydrogens (primary N) is 1. The van der Waals surface area contributed by atoms with E-state index in [9.17, 15) is 4.79 Å². The molecule has 3 heteroatoms. The largest absolute Gasteiger partial charge is 0.341 e. The minimum atomic E-state index is -0.211. The molecule has 1 amide bonds. The second-order valence-corrected chi connectivity index (χ2v) is 4.96. The van der Waals surface area contributed by atoms with E-state index < -0.39 is 0 Å². The minimum absolute atomic E-state index is 0.210. The zero-order valence-electron chi connectivity index (χ0n) is 9.45. The standard InChI is InChI=1S/C12H22N2O/c13-11(10-6-5-7-10)12(15)14-8-3-1-2-4-9-14/h10-11H,1-9,13H2. The van der Waals surface area contributed by atoms with Crippen LogP contribution in [0.2, 0.25) is 0 Å². The molecule has 1 aliphatic carbocycles. The molecule has 86 valence electrons. The van der Waals surface area contributed by atoms with Gasteiger partial charge in [0.15, 0.2) is 0 Å². The Labute approximate surface area is 92.0 Å². The van der Waals surface area contributed by atoms with Gasteiger partial charge in [0, 0.05) is 13.1 Å². The Balaban J connectivity index is 1.86. The van der Waals surface area contributed by atoms with Crippen molar-refractivity contribution in [2.75, 3.05) is 13.1 Å². The molecule has 1 heterocycles. The Morgan fingerprint density at radius 1 is 1.07 bits per heavy atom. The van der Waals surface area contributed by atoms with E-state index in [1.54, 1.807) is 0 Å². The van der Waals surface area contributed by atoms with E-state index in [0.29, 0.717) is 5.92 Å². The molecule has 1 atom stereocenters. The topological polar surface area (TPSA) is 46.3 Å². The smallest absolute Gasteiger partial charge is 0.239 e. The molecule has 15 heavy (non-hydrogen) atoms. The lowest BCUT2D eigenvalue weighted by molar-refractivity contribution is -0.134. The number of hydrogen-bond donors (Lipinski definition) is 1. The lowest BCUT2D eigenvalue weighted by Gasteiger charge is -2.33. The number of carbonyl (C=O) groups is 1. The third-order valence-electron chi connectivity index (χ3n) is 3.86. The van der Waals surface area contributed by atoms with Crippen molar-refractivity contribution in [3.8, 4) is 0 Å². The van der Waals surface area contributed by atoms with E-state index >= 15 is 0 Å². The van der Waals surface area contributed by atoms with Crippen LogP contribution in [0.3, 0.4) is 0 Å². The molecule has 1 aliphatic heterocycles. The number of likely N-dealkylation sites (tertiary alicyclic amines) is 1. The van der Waals surface area contributed by atoms with Gasteiger partial charge in [0.25, 0.3) is 0 Å². The van der Waals surface area contributed by atoms with E-state index in [-0.39, 0.29) is 11.9 Å². The first kappa shape index (κ1) is 10.9. The molecule has 0 radical (unpaired) electrons. The second kappa shape index (κ2) is 4.97. The normalized spacial score (nSPS) is 25.5. The van der Waals surface area contributed by atoms with Crippen LogP contribution in [-0.4, -0.2) is 29.9 Å². The lowest BCUT2D eigenvalue weighted by Crippen LogP contribution is -2.49. The molecule has 2 fully saturated rings. The Morgan fingerprint density at radius 3 is 2.13 bits per heavy atom. The average Bonchev–Trinajstić information content (AvgIpc) is 2.41. The van der Waals surface area contributed by atoms with Crippen LogP contribution in [0, 0.1) is 5.92 Å². The molecule has 2 rings (SSSR count). The number of nitrogens with zero attached hydrogens (tertiary/aromatic N) is 1. The van der Waals surface area contributed by atoms with Gasteiger partial charge in [-0.2, -0.15) is 0 Å². The van der Waals surface area contributed by atoms with Gasteiger partial charge in [0.1, 0.15) is 0 Å². The highest BCUT2D eigenvalue weighted by molar-refractivity contribution is 5.82. The van der Waals surface area contributed by atoms with Crippen LogP contribution < -0.4 is 5.73 Å². The first-order valence-corrected chi connectivity index (χ1v) is 6.33. The fourth-order valence-electron chi connectivity index (χ4n) is 2.50. The first-order valence-electron chi connectivity index (χ1n) is 6.33. The number of hydrogen-bond acceptors (Lipinski definition) is 2. The molecule has 0 bridgehead atoms. The fraction of sp³-hybridized carbons (Fsp3) is 0.917. The second-order valence-electron chi connectivity index (χ2n) is 4.96. The summed E-state index contributed by atoms with van der Waals surface area (Å²) in [5.41, 5.74) is 6.01. The van der Waals surface area contributed by atoms with Gasteiger partial charge < -0.3 is 10.6 Å². The Bertz CT molecular complexity index is 218. The maximum atomic E-state index is 12.1. The quantitative estimate of drug-likeness (QED) is 0.751. The first-order chi connectivity index (χ1) is 7.29. The Hall–Kier alpha value is -0.570. The van der Waals surface area contributed by atoms with Gasteiger partial charge in [0.2, 0.25) is 5.91 Å². The average molecular weight is 210 g/mol.